The molecule has 0 saturated carbocycles. The highest BCUT2D eigenvalue weighted by Gasteiger charge is 2.29. The van der Waals surface area contributed by atoms with E-state index in [4.69, 9.17) is 23.2 Å². The zero-order chi connectivity index (χ0) is 10.1. The number of phenols is 1. The summed E-state index contributed by atoms with van der Waals surface area (Å²) in [5, 5.41) is 9.22. The normalized spacial score (nSPS) is 12.1. The number of rotatable bonds is 2. The number of benzene rings is 1. The molecule has 13 heavy (non-hydrogen) atoms. The first-order valence-electron chi connectivity index (χ1n) is 3.79. The molecule has 1 N–H and O–H groups in total. The van der Waals surface area contributed by atoms with Crippen molar-refractivity contribution in [2.24, 2.45) is 0 Å². The Morgan fingerprint density at radius 1 is 1.31 bits per heavy atom. The molecule has 0 radical (unpaired) electrons. The Hall–Kier alpha value is -0.440. The van der Waals surface area contributed by atoms with Crippen molar-refractivity contribution in [1.29, 1.82) is 0 Å². The average molecular weight is 220 g/mol. The van der Waals surface area contributed by atoms with Crippen molar-refractivity contribution in [3.05, 3.63) is 29.8 Å². The lowest BCUT2D eigenvalue weighted by molar-refractivity contribution is 0.342. The minimum atomic E-state index is -1.10. The van der Waals surface area contributed by atoms with Crippen LogP contribution >= 0.6 is 23.2 Å². The second kappa shape index (κ2) is 3.74. The number of phenolic OH excluding ortho intramolecular Hbond substituents is 1. The summed E-state index contributed by atoms with van der Waals surface area (Å²) in [6.07, 6.45) is 0. The zero-order valence-electron chi connectivity index (χ0n) is 7.46. The molecule has 0 aliphatic rings. The molecule has 1 rings (SSSR count). The summed E-state index contributed by atoms with van der Waals surface area (Å²) < 4.78 is -1.10. The van der Waals surface area contributed by atoms with Gasteiger partial charge in [-0.15, -0.1) is 0 Å². The summed E-state index contributed by atoms with van der Waals surface area (Å²) in [5.74, 6) is 0.157. The van der Waals surface area contributed by atoms with Crippen molar-refractivity contribution >= 4 is 23.2 Å². The molecule has 0 aliphatic carbocycles. The van der Waals surface area contributed by atoms with Crippen LogP contribution < -0.4 is 0 Å². The molecule has 0 aromatic heterocycles. The van der Waals surface area contributed by atoms with Crippen molar-refractivity contribution in [2.45, 2.75) is 4.46 Å². The largest absolute Gasteiger partial charge is 0.508 e. The van der Waals surface area contributed by atoms with Gasteiger partial charge >= 0.3 is 0 Å². The first-order chi connectivity index (χ1) is 5.94. The van der Waals surface area contributed by atoms with Crippen LogP contribution in [0.4, 0.5) is 0 Å². The Kier molecular flexibility index (Phi) is 3.06. The lowest BCUT2D eigenvalue weighted by Crippen LogP contribution is -2.30. The molecule has 1 aromatic carbocycles. The van der Waals surface area contributed by atoms with E-state index in [0.29, 0.717) is 5.56 Å². The number of alkyl halides is 2. The molecule has 0 heterocycles. The fraction of sp³-hybridized carbons (Fsp3) is 0.333. The predicted molar refractivity (Wildman–Crippen MR) is 55.2 cm³/mol. The van der Waals surface area contributed by atoms with E-state index in [1.807, 2.05) is 0 Å². The van der Waals surface area contributed by atoms with Gasteiger partial charge in [-0.2, -0.15) is 0 Å². The highest BCUT2D eigenvalue weighted by atomic mass is 35.5. The maximum Gasteiger partial charge on any atom is 0.196 e. The summed E-state index contributed by atoms with van der Waals surface area (Å²) in [6, 6.07) is 6.58. The summed E-state index contributed by atoms with van der Waals surface area (Å²) in [5.41, 5.74) is 0.654. The van der Waals surface area contributed by atoms with E-state index < -0.39 is 4.46 Å². The lowest BCUT2D eigenvalue weighted by Gasteiger charge is -2.27. The van der Waals surface area contributed by atoms with Crippen molar-refractivity contribution in [3.8, 4) is 5.75 Å². The first-order valence-corrected chi connectivity index (χ1v) is 4.55. The smallest absolute Gasteiger partial charge is 0.196 e. The van der Waals surface area contributed by atoms with Crippen LogP contribution in [0, 0.1) is 0 Å². The molecule has 2 nitrogen and oxygen atoms in total. The molecule has 72 valence electrons. The Balaban J connectivity index is 3.07. The molecule has 0 bridgehead atoms. The van der Waals surface area contributed by atoms with Gasteiger partial charge in [-0.3, -0.25) is 4.90 Å². The number of hydrogen-bond acceptors (Lipinski definition) is 2. The summed E-state index contributed by atoms with van der Waals surface area (Å²) in [4.78, 5) is 1.66. The van der Waals surface area contributed by atoms with Gasteiger partial charge in [0.25, 0.3) is 0 Å². The average Bonchev–Trinajstić information content (AvgIpc) is 2.04. The van der Waals surface area contributed by atoms with Crippen LogP contribution in [0.5, 0.6) is 5.75 Å². The van der Waals surface area contributed by atoms with Gasteiger partial charge in [-0.25, -0.2) is 0 Å². The van der Waals surface area contributed by atoms with Crippen LogP contribution in [0.3, 0.4) is 0 Å². The monoisotopic (exact) mass is 219 g/mol. The molecule has 0 spiro atoms. The van der Waals surface area contributed by atoms with Crippen LogP contribution in [-0.2, 0) is 4.46 Å². The lowest BCUT2D eigenvalue weighted by atomic mass is 10.2. The molecule has 0 fully saturated rings. The van der Waals surface area contributed by atoms with E-state index in [9.17, 15) is 5.11 Å². The fourth-order valence-corrected chi connectivity index (χ4v) is 1.19. The molecular weight excluding hydrogens is 209 g/mol. The quantitative estimate of drug-likeness (QED) is 0.611. The third-order valence-electron chi connectivity index (χ3n) is 1.76. The second-order valence-electron chi connectivity index (χ2n) is 2.99. The first kappa shape index (κ1) is 10.6. The van der Waals surface area contributed by atoms with Gasteiger partial charge in [-0.05, 0) is 26.2 Å². The SMILES string of the molecule is CN(C)C(Cl)(Cl)c1cccc(O)c1. The predicted octanol–water partition coefficient (Wildman–Crippen LogP) is 2.54. The van der Waals surface area contributed by atoms with Gasteiger partial charge in [0.1, 0.15) is 5.75 Å². The molecule has 0 saturated heterocycles. The van der Waals surface area contributed by atoms with E-state index >= 15 is 0 Å². The minimum absolute atomic E-state index is 0.157. The van der Waals surface area contributed by atoms with Crippen LogP contribution in [0.15, 0.2) is 24.3 Å². The van der Waals surface area contributed by atoms with E-state index in [1.165, 1.54) is 0 Å². The number of aromatic hydroxyl groups is 1. The Morgan fingerprint density at radius 3 is 2.38 bits per heavy atom. The highest BCUT2D eigenvalue weighted by molar-refractivity contribution is 6.47. The standard InChI is InChI=1S/C9H11Cl2NO/c1-12(2)9(10,11)7-4-3-5-8(13)6-7/h3-6,13H,1-2H3. The fourth-order valence-electron chi connectivity index (χ4n) is 0.951. The highest BCUT2D eigenvalue weighted by Crippen LogP contribution is 2.36. The van der Waals surface area contributed by atoms with E-state index in [2.05, 4.69) is 0 Å². The van der Waals surface area contributed by atoms with Gasteiger partial charge in [0.15, 0.2) is 4.46 Å². The van der Waals surface area contributed by atoms with Gasteiger partial charge in [0.2, 0.25) is 0 Å². The van der Waals surface area contributed by atoms with Crippen LogP contribution in [0.2, 0.25) is 0 Å². The maximum absolute atomic E-state index is 9.22. The van der Waals surface area contributed by atoms with E-state index in [0.717, 1.165) is 0 Å². The Morgan fingerprint density at radius 2 is 1.92 bits per heavy atom. The summed E-state index contributed by atoms with van der Waals surface area (Å²) in [7, 11) is 3.54. The molecule has 0 unspecified atom stereocenters. The Bertz CT molecular complexity index is 299. The third-order valence-corrected chi connectivity index (χ3v) is 2.87. The second-order valence-corrected chi connectivity index (χ2v) is 4.27. The number of hydrogen-bond donors (Lipinski definition) is 1. The van der Waals surface area contributed by atoms with Crippen LogP contribution in [0.1, 0.15) is 5.56 Å². The van der Waals surface area contributed by atoms with Crippen molar-refractivity contribution in [3.63, 3.8) is 0 Å². The molecule has 4 heteroatoms. The maximum atomic E-state index is 9.22. The number of nitrogens with zero attached hydrogens (tertiary/aromatic N) is 1. The molecule has 0 aliphatic heterocycles. The van der Waals surface area contributed by atoms with Crippen LogP contribution in [-0.4, -0.2) is 24.1 Å². The third kappa shape index (κ3) is 2.27. The van der Waals surface area contributed by atoms with Crippen molar-refractivity contribution < 1.29 is 5.11 Å². The summed E-state index contributed by atoms with van der Waals surface area (Å²) >= 11 is 12.1. The zero-order valence-corrected chi connectivity index (χ0v) is 8.97. The van der Waals surface area contributed by atoms with Crippen molar-refractivity contribution in [2.75, 3.05) is 14.1 Å². The van der Waals surface area contributed by atoms with Crippen LogP contribution in [0.25, 0.3) is 0 Å². The van der Waals surface area contributed by atoms with Gasteiger partial charge in [0.05, 0.1) is 0 Å². The molecule has 0 amide bonds. The van der Waals surface area contributed by atoms with Gasteiger partial charge < -0.3 is 5.11 Å². The van der Waals surface area contributed by atoms with E-state index in [1.54, 1.807) is 43.3 Å². The minimum Gasteiger partial charge on any atom is -0.508 e. The number of halogens is 2. The molecule has 1 aromatic rings. The van der Waals surface area contributed by atoms with Crippen molar-refractivity contribution in [1.82, 2.24) is 4.90 Å². The summed E-state index contributed by atoms with van der Waals surface area (Å²) in [6.45, 7) is 0. The topological polar surface area (TPSA) is 23.5 Å². The van der Waals surface area contributed by atoms with E-state index in [-0.39, 0.29) is 5.75 Å². The van der Waals surface area contributed by atoms with Gasteiger partial charge in [0, 0.05) is 5.56 Å². The Labute approximate surface area is 87.7 Å². The molecular formula is C9H11Cl2NO. The molecule has 0 atom stereocenters. The van der Waals surface area contributed by atoms with Gasteiger partial charge in [-0.1, -0.05) is 35.3 Å².